The highest BCUT2D eigenvalue weighted by atomic mass is 31.2. The molecule has 0 aliphatic carbocycles. The van der Waals surface area contributed by atoms with Crippen LogP contribution in [0.15, 0.2) is 0 Å². The van der Waals surface area contributed by atoms with Crippen LogP contribution in [0.2, 0.25) is 0 Å². The predicted octanol–water partition coefficient (Wildman–Crippen LogP) is 19.6. The molecule has 5 atom stereocenters. The van der Waals surface area contributed by atoms with Crippen LogP contribution in [0, 0.1) is 11.8 Å². The topological polar surface area (TPSA) is 237 Å². The Bertz CT molecular complexity index is 1720. The minimum Gasteiger partial charge on any atom is -0.462 e. The van der Waals surface area contributed by atoms with Crippen molar-refractivity contribution in [2.24, 2.45) is 11.8 Å². The van der Waals surface area contributed by atoms with Crippen LogP contribution in [-0.4, -0.2) is 96.7 Å². The number of phosphoric ester groups is 2. The molecule has 0 radical (unpaired) electrons. The lowest BCUT2D eigenvalue weighted by molar-refractivity contribution is -0.161. The van der Waals surface area contributed by atoms with E-state index < -0.39 is 97.5 Å². The minimum atomic E-state index is -4.95. The van der Waals surface area contributed by atoms with Gasteiger partial charge >= 0.3 is 39.5 Å². The van der Waals surface area contributed by atoms with Crippen molar-refractivity contribution in [2.45, 2.75) is 368 Å². The van der Waals surface area contributed by atoms with E-state index in [0.29, 0.717) is 31.6 Å². The summed E-state index contributed by atoms with van der Waals surface area (Å²) in [4.78, 5) is 72.3. The summed E-state index contributed by atoms with van der Waals surface area (Å²) in [5.41, 5.74) is 0. The number of unbranched alkanes of at least 4 members (excludes halogenated alkanes) is 38. The van der Waals surface area contributed by atoms with Gasteiger partial charge in [0.2, 0.25) is 0 Å². The lowest BCUT2D eigenvalue weighted by Crippen LogP contribution is -2.30. The number of hydrogen-bond acceptors (Lipinski definition) is 15. The van der Waals surface area contributed by atoms with E-state index in [4.69, 9.17) is 37.0 Å². The van der Waals surface area contributed by atoms with Crippen molar-refractivity contribution in [3.8, 4) is 0 Å². The molecule has 0 aromatic heterocycles. The number of carbonyl (C=O) groups excluding carboxylic acids is 4. The second kappa shape index (κ2) is 61.3. The molecule has 0 saturated heterocycles. The second-order valence-corrected chi connectivity index (χ2v) is 28.8. The molecular weight excluding hydrogens is 1160 g/mol. The summed E-state index contributed by atoms with van der Waals surface area (Å²) in [6, 6.07) is 0. The van der Waals surface area contributed by atoms with Gasteiger partial charge in [-0.2, -0.15) is 0 Å². The van der Waals surface area contributed by atoms with Gasteiger partial charge < -0.3 is 33.8 Å². The molecule has 0 saturated carbocycles. The molecule has 3 N–H and O–H groups in total. The monoisotopic (exact) mass is 1300 g/mol. The average Bonchev–Trinajstić information content (AvgIpc) is 3.70. The first-order valence-corrected chi connectivity index (χ1v) is 39.0. The van der Waals surface area contributed by atoms with Crippen LogP contribution < -0.4 is 0 Å². The number of carbonyl (C=O) groups is 4. The number of esters is 4. The summed E-state index contributed by atoms with van der Waals surface area (Å²) in [7, 11) is -9.89. The zero-order valence-corrected chi connectivity index (χ0v) is 58.8. The third-order valence-electron chi connectivity index (χ3n) is 16.0. The molecule has 0 aromatic rings. The van der Waals surface area contributed by atoms with E-state index in [2.05, 4.69) is 41.5 Å². The SMILES string of the molecule is CCCCCCCCCCCCCCC(=O)OC[C@H](COP(=O)(O)OC[C@@H](O)COP(=O)(O)OC[C@@H](COC(=O)CCCCCCCCCC)OC(=O)CCCCCCCCC(C)C)OC(=O)CCCCCCCCCCCCCCCCCCC(C)C. The maximum absolute atomic E-state index is 13.0. The zero-order valence-electron chi connectivity index (χ0n) is 57.0. The quantitative estimate of drug-likeness (QED) is 0.0222. The first-order chi connectivity index (χ1) is 42.4. The Hall–Kier alpha value is -1.94. The number of aliphatic hydroxyl groups is 1. The van der Waals surface area contributed by atoms with Gasteiger partial charge in [0.05, 0.1) is 26.4 Å². The van der Waals surface area contributed by atoms with E-state index in [1.807, 2.05) is 0 Å². The van der Waals surface area contributed by atoms with E-state index >= 15 is 0 Å². The van der Waals surface area contributed by atoms with Crippen LogP contribution in [0.3, 0.4) is 0 Å². The number of ether oxygens (including phenoxy) is 4. The largest absolute Gasteiger partial charge is 0.472 e. The number of phosphoric acid groups is 2. The summed E-state index contributed by atoms with van der Waals surface area (Å²) in [5.74, 6) is -0.653. The summed E-state index contributed by atoms with van der Waals surface area (Å²) < 4.78 is 68.1. The summed E-state index contributed by atoms with van der Waals surface area (Å²) in [6.45, 7) is 9.45. The molecule has 19 heteroatoms. The van der Waals surface area contributed by atoms with Crippen molar-refractivity contribution in [3.63, 3.8) is 0 Å². The Balaban J connectivity index is 5.17. The molecule has 2 unspecified atom stereocenters. The molecule has 0 rings (SSSR count). The summed E-state index contributed by atoms with van der Waals surface area (Å²) in [5, 5.41) is 10.6. The number of rotatable bonds is 68. The minimum absolute atomic E-state index is 0.102. The molecule has 0 aliphatic heterocycles. The fourth-order valence-electron chi connectivity index (χ4n) is 10.4. The maximum atomic E-state index is 13.0. The van der Waals surface area contributed by atoms with Crippen LogP contribution in [0.25, 0.3) is 0 Å². The van der Waals surface area contributed by atoms with Crippen LogP contribution in [0.4, 0.5) is 0 Å². The van der Waals surface area contributed by atoms with Gasteiger partial charge in [-0.3, -0.25) is 37.3 Å². The van der Waals surface area contributed by atoms with E-state index in [1.165, 1.54) is 161 Å². The Kier molecular flexibility index (Phi) is 59.9. The van der Waals surface area contributed by atoms with Crippen LogP contribution >= 0.6 is 15.6 Å². The van der Waals surface area contributed by atoms with Gasteiger partial charge in [-0.05, 0) is 37.5 Å². The number of aliphatic hydroxyl groups excluding tert-OH is 1. The molecule has 0 aliphatic rings. The summed E-state index contributed by atoms with van der Waals surface area (Å²) >= 11 is 0. The van der Waals surface area contributed by atoms with E-state index in [0.717, 1.165) is 102 Å². The molecule has 0 aromatic carbocycles. The smallest absolute Gasteiger partial charge is 0.462 e. The van der Waals surface area contributed by atoms with E-state index in [-0.39, 0.29) is 25.7 Å². The number of hydrogen-bond donors (Lipinski definition) is 3. The molecule has 0 amide bonds. The van der Waals surface area contributed by atoms with Crippen molar-refractivity contribution in [1.82, 2.24) is 0 Å². The Morgan fingerprint density at radius 3 is 0.773 bits per heavy atom. The van der Waals surface area contributed by atoms with Gasteiger partial charge in [0.1, 0.15) is 19.3 Å². The van der Waals surface area contributed by atoms with Gasteiger partial charge in [0, 0.05) is 25.7 Å². The fourth-order valence-corrected chi connectivity index (χ4v) is 12.0. The molecule has 522 valence electrons. The molecule has 0 bridgehead atoms. The third kappa shape index (κ3) is 62.8. The Morgan fingerprint density at radius 1 is 0.307 bits per heavy atom. The van der Waals surface area contributed by atoms with Crippen LogP contribution in [0.5, 0.6) is 0 Å². The van der Waals surface area contributed by atoms with Crippen LogP contribution in [0.1, 0.15) is 350 Å². The Labute approximate surface area is 537 Å². The normalized spacial score (nSPS) is 14.2. The van der Waals surface area contributed by atoms with E-state index in [9.17, 15) is 43.2 Å². The highest BCUT2D eigenvalue weighted by Gasteiger charge is 2.30. The van der Waals surface area contributed by atoms with Crippen LogP contribution in [-0.2, 0) is 65.4 Å². The van der Waals surface area contributed by atoms with Crippen molar-refractivity contribution in [2.75, 3.05) is 39.6 Å². The van der Waals surface area contributed by atoms with Gasteiger partial charge in [-0.15, -0.1) is 0 Å². The zero-order chi connectivity index (χ0) is 65.0. The highest BCUT2D eigenvalue weighted by molar-refractivity contribution is 7.47. The molecule has 88 heavy (non-hydrogen) atoms. The first-order valence-electron chi connectivity index (χ1n) is 36.0. The van der Waals surface area contributed by atoms with Gasteiger partial charge in [0.25, 0.3) is 0 Å². The molecule has 0 fully saturated rings. The highest BCUT2D eigenvalue weighted by Crippen LogP contribution is 2.45. The standard InChI is InChI=1S/C69H134O17P2/c1-7-9-11-13-15-17-18-26-29-33-40-46-52-67(72)80-57-64(85-68(73)53-47-41-34-30-27-24-22-20-19-21-23-25-28-31-37-43-49-61(3)4)59-83-87(75,76)81-55-63(70)56-82-88(77,78)84-60-65(58-79-66(71)51-45-39-32-16-14-12-10-8-2)86-69(74)54-48-42-36-35-38-44-50-62(5)6/h61-65,70H,7-60H2,1-6H3,(H,75,76)(H,77,78)/t63-,64-,65-/m1/s1. The molecule has 0 heterocycles. The lowest BCUT2D eigenvalue weighted by atomic mass is 10.0. The van der Waals surface area contributed by atoms with Crippen molar-refractivity contribution >= 4 is 39.5 Å². The van der Waals surface area contributed by atoms with Gasteiger partial charge in [0.15, 0.2) is 12.2 Å². The third-order valence-corrected chi connectivity index (χ3v) is 17.9. The predicted molar refractivity (Wildman–Crippen MR) is 354 cm³/mol. The fraction of sp³-hybridized carbons (Fsp3) is 0.942. The van der Waals surface area contributed by atoms with Crippen molar-refractivity contribution in [3.05, 3.63) is 0 Å². The molecule has 17 nitrogen and oxygen atoms in total. The van der Waals surface area contributed by atoms with E-state index in [1.54, 1.807) is 0 Å². The van der Waals surface area contributed by atoms with Crippen molar-refractivity contribution in [1.29, 1.82) is 0 Å². The van der Waals surface area contributed by atoms with Gasteiger partial charge in [-0.1, -0.05) is 298 Å². The average molecular weight is 1300 g/mol. The molecular formula is C69H134O17P2. The first kappa shape index (κ1) is 86.1. The molecule has 0 spiro atoms. The lowest BCUT2D eigenvalue weighted by Gasteiger charge is -2.21. The summed E-state index contributed by atoms with van der Waals surface area (Å²) in [6.07, 6.45) is 46.1. The maximum Gasteiger partial charge on any atom is 0.472 e. The Morgan fingerprint density at radius 2 is 0.523 bits per heavy atom. The van der Waals surface area contributed by atoms with Gasteiger partial charge in [-0.25, -0.2) is 9.13 Å². The van der Waals surface area contributed by atoms with Crippen molar-refractivity contribution < 1.29 is 80.2 Å². The second-order valence-electron chi connectivity index (χ2n) is 25.9.